The molecule has 1 unspecified atom stereocenters. The average Bonchev–Trinajstić information content (AvgIpc) is 2.67. The van der Waals surface area contributed by atoms with Crippen LogP contribution in [-0.2, 0) is 10.0 Å². The van der Waals surface area contributed by atoms with Gasteiger partial charge in [0.2, 0.25) is 0 Å². The van der Waals surface area contributed by atoms with Gasteiger partial charge in [-0.1, -0.05) is 44.7 Å². The molecule has 0 spiro atoms. The highest BCUT2D eigenvalue weighted by Gasteiger charge is 2.30. The third kappa shape index (κ3) is 3.39. The van der Waals surface area contributed by atoms with E-state index in [1.54, 1.807) is 18.2 Å². The Balaban J connectivity index is 2.09. The smallest absolute Gasteiger partial charge is 0.263 e. The van der Waals surface area contributed by atoms with Crippen molar-refractivity contribution >= 4 is 15.9 Å². The molecular formula is C15H22N2O2S. The molecule has 1 heterocycles. The molecule has 1 aliphatic rings. The van der Waals surface area contributed by atoms with Crippen LogP contribution >= 0.6 is 0 Å². The number of sulfonamides is 1. The van der Waals surface area contributed by atoms with Crippen LogP contribution in [0.1, 0.15) is 51.5 Å². The maximum absolute atomic E-state index is 12.0. The summed E-state index contributed by atoms with van der Waals surface area (Å²) in [5, 5.41) is 0. The molecule has 1 aromatic rings. The average molecular weight is 294 g/mol. The molecule has 0 saturated heterocycles. The zero-order chi connectivity index (χ0) is 14.6. The number of hydrogen-bond acceptors (Lipinski definition) is 3. The van der Waals surface area contributed by atoms with Crippen LogP contribution in [0.4, 0.5) is 0 Å². The Morgan fingerprint density at radius 1 is 1.20 bits per heavy atom. The fraction of sp³-hybridized carbons (Fsp3) is 0.533. The molecule has 1 aromatic carbocycles. The SMILES string of the molecule is CCCCCCC(C)N=C1NS(=O)(=O)c2ccccc21. The predicted octanol–water partition coefficient (Wildman–Crippen LogP) is 3.08. The summed E-state index contributed by atoms with van der Waals surface area (Å²) in [6.07, 6.45) is 5.82. The largest absolute Gasteiger partial charge is 0.264 e. The molecule has 4 nitrogen and oxygen atoms in total. The normalized spacial score (nSPS) is 19.6. The van der Waals surface area contributed by atoms with Crippen LogP contribution in [0.2, 0.25) is 0 Å². The molecule has 1 aliphatic heterocycles. The van der Waals surface area contributed by atoms with E-state index < -0.39 is 10.0 Å². The lowest BCUT2D eigenvalue weighted by atomic mass is 10.1. The molecule has 0 aliphatic carbocycles. The van der Waals surface area contributed by atoms with Crippen LogP contribution in [0.15, 0.2) is 34.2 Å². The topological polar surface area (TPSA) is 58.5 Å². The van der Waals surface area contributed by atoms with Crippen molar-refractivity contribution in [1.29, 1.82) is 0 Å². The van der Waals surface area contributed by atoms with Gasteiger partial charge in [0.25, 0.3) is 10.0 Å². The fourth-order valence-electron chi connectivity index (χ4n) is 2.38. The summed E-state index contributed by atoms with van der Waals surface area (Å²) in [6.45, 7) is 4.22. The van der Waals surface area contributed by atoms with E-state index in [4.69, 9.17) is 0 Å². The van der Waals surface area contributed by atoms with Crippen LogP contribution in [0.3, 0.4) is 0 Å². The monoisotopic (exact) mass is 294 g/mol. The summed E-state index contributed by atoms with van der Waals surface area (Å²) in [7, 11) is -3.41. The third-order valence-corrected chi connectivity index (χ3v) is 4.88. The number of fused-ring (bicyclic) bond motifs is 1. The molecule has 0 amide bonds. The number of unbranched alkanes of at least 4 members (excludes halogenated alkanes) is 3. The number of nitrogens with zero attached hydrogens (tertiary/aromatic N) is 1. The second-order valence-electron chi connectivity index (χ2n) is 5.28. The van der Waals surface area contributed by atoms with E-state index in [0.29, 0.717) is 16.3 Å². The van der Waals surface area contributed by atoms with E-state index in [0.717, 1.165) is 12.8 Å². The van der Waals surface area contributed by atoms with Crippen molar-refractivity contribution in [2.75, 3.05) is 0 Å². The second-order valence-corrected chi connectivity index (χ2v) is 6.93. The minimum atomic E-state index is -3.41. The van der Waals surface area contributed by atoms with Gasteiger partial charge < -0.3 is 0 Å². The highest BCUT2D eigenvalue weighted by atomic mass is 32.2. The summed E-state index contributed by atoms with van der Waals surface area (Å²) in [4.78, 5) is 4.87. The van der Waals surface area contributed by atoms with Crippen LogP contribution in [0.5, 0.6) is 0 Å². The Morgan fingerprint density at radius 3 is 2.70 bits per heavy atom. The third-order valence-electron chi connectivity index (χ3n) is 3.49. The maximum atomic E-state index is 12.0. The lowest BCUT2D eigenvalue weighted by Crippen LogP contribution is -2.23. The Hall–Kier alpha value is -1.36. The van der Waals surface area contributed by atoms with Crippen molar-refractivity contribution in [2.24, 2.45) is 4.99 Å². The Labute approximate surface area is 121 Å². The van der Waals surface area contributed by atoms with Crippen molar-refractivity contribution in [3.63, 3.8) is 0 Å². The van der Waals surface area contributed by atoms with Crippen molar-refractivity contribution in [3.8, 4) is 0 Å². The van der Waals surface area contributed by atoms with Crippen LogP contribution in [0.25, 0.3) is 0 Å². The van der Waals surface area contributed by atoms with E-state index in [1.807, 2.05) is 13.0 Å². The number of amidine groups is 1. The zero-order valence-electron chi connectivity index (χ0n) is 12.1. The fourth-order valence-corrected chi connectivity index (χ4v) is 3.62. The number of aliphatic imine (C=N–C) groups is 1. The molecule has 110 valence electrons. The lowest BCUT2D eigenvalue weighted by Gasteiger charge is -2.07. The van der Waals surface area contributed by atoms with Crippen LogP contribution in [-0.4, -0.2) is 20.3 Å². The van der Waals surface area contributed by atoms with Gasteiger partial charge in [-0.2, -0.15) is 0 Å². The van der Waals surface area contributed by atoms with Crippen LogP contribution < -0.4 is 4.72 Å². The number of benzene rings is 1. The number of hydrogen-bond donors (Lipinski definition) is 1. The molecule has 0 saturated carbocycles. The molecule has 1 atom stereocenters. The van der Waals surface area contributed by atoms with Crippen molar-refractivity contribution in [3.05, 3.63) is 29.8 Å². The summed E-state index contributed by atoms with van der Waals surface area (Å²) in [5.74, 6) is 0.489. The molecule has 2 rings (SSSR count). The van der Waals surface area contributed by atoms with E-state index in [-0.39, 0.29) is 6.04 Å². The standard InChI is InChI=1S/C15H22N2O2S/c1-3-4-5-6-9-12(2)16-15-13-10-7-8-11-14(13)20(18,19)17-15/h7-8,10-12H,3-6,9H2,1-2H3,(H,16,17). The predicted molar refractivity (Wildman–Crippen MR) is 81.5 cm³/mol. The second kappa shape index (κ2) is 6.39. The maximum Gasteiger partial charge on any atom is 0.263 e. The van der Waals surface area contributed by atoms with Crippen molar-refractivity contribution in [2.45, 2.75) is 56.9 Å². The molecule has 0 fully saturated rings. The van der Waals surface area contributed by atoms with E-state index in [2.05, 4.69) is 16.6 Å². The van der Waals surface area contributed by atoms with Crippen molar-refractivity contribution in [1.82, 2.24) is 4.72 Å². The first-order valence-electron chi connectivity index (χ1n) is 7.24. The summed E-state index contributed by atoms with van der Waals surface area (Å²) >= 11 is 0. The summed E-state index contributed by atoms with van der Waals surface area (Å²) < 4.78 is 26.5. The van der Waals surface area contributed by atoms with E-state index >= 15 is 0 Å². The van der Waals surface area contributed by atoms with Gasteiger partial charge in [-0.05, 0) is 25.5 Å². The summed E-state index contributed by atoms with van der Waals surface area (Å²) in [5.41, 5.74) is 0.688. The first-order chi connectivity index (χ1) is 9.54. The molecule has 0 aromatic heterocycles. The first-order valence-corrected chi connectivity index (χ1v) is 8.73. The number of nitrogens with one attached hydrogen (secondary N) is 1. The minimum absolute atomic E-state index is 0.135. The van der Waals surface area contributed by atoms with Gasteiger partial charge in [0.05, 0.1) is 4.90 Å². The molecule has 0 bridgehead atoms. The number of rotatable bonds is 6. The first kappa shape index (κ1) is 15.0. The van der Waals surface area contributed by atoms with Gasteiger partial charge in [-0.25, -0.2) is 8.42 Å². The highest BCUT2D eigenvalue weighted by molar-refractivity contribution is 7.90. The molecule has 0 radical (unpaired) electrons. The van der Waals surface area contributed by atoms with E-state index in [9.17, 15) is 8.42 Å². The quantitative estimate of drug-likeness (QED) is 0.820. The van der Waals surface area contributed by atoms with Gasteiger partial charge in [0, 0.05) is 11.6 Å². The van der Waals surface area contributed by atoms with E-state index in [1.165, 1.54) is 19.3 Å². The molecule has 20 heavy (non-hydrogen) atoms. The summed E-state index contributed by atoms with van der Waals surface area (Å²) in [6, 6.07) is 7.12. The van der Waals surface area contributed by atoms with Gasteiger partial charge in [0.1, 0.15) is 5.84 Å². The minimum Gasteiger partial charge on any atom is -0.264 e. The van der Waals surface area contributed by atoms with Gasteiger partial charge >= 0.3 is 0 Å². The van der Waals surface area contributed by atoms with Gasteiger partial charge in [0.15, 0.2) is 0 Å². The van der Waals surface area contributed by atoms with Crippen molar-refractivity contribution < 1.29 is 8.42 Å². The molecule has 5 heteroatoms. The Morgan fingerprint density at radius 2 is 1.95 bits per heavy atom. The Kier molecular flexibility index (Phi) is 4.81. The molecular weight excluding hydrogens is 272 g/mol. The zero-order valence-corrected chi connectivity index (χ0v) is 12.9. The van der Waals surface area contributed by atoms with Gasteiger partial charge in [-0.3, -0.25) is 9.71 Å². The van der Waals surface area contributed by atoms with Gasteiger partial charge in [-0.15, -0.1) is 0 Å². The lowest BCUT2D eigenvalue weighted by molar-refractivity contribution is 0.575. The highest BCUT2D eigenvalue weighted by Crippen LogP contribution is 2.23. The van der Waals surface area contributed by atoms with Crippen LogP contribution in [0, 0.1) is 0 Å². The molecule has 1 N–H and O–H groups in total. The Bertz CT molecular complexity index is 594.